The lowest BCUT2D eigenvalue weighted by molar-refractivity contribution is -0.127. The Morgan fingerprint density at radius 2 is 1.75 bits per heavy atom. The Balaban J connectivity index is 1.75. The molecule has 1 aromatic heterocycles. The molecule has 1 saturated heterocycles. The van der Waals surface area contributed by atoms with E-state index in [0.717, 1.165) is 5.56 Å². The van der Waals surface area contributed by atoms with E-state index in [1.165, 1.54) is 9.87 Å². The van der Waals surface area contributed by atoms with Crippen LogP contribution in [0.3, 0.4) is 0 Å². The lowest BCUT2D eigenvalue weighted by Gasteiger charge is -2.33. The van der Waals surface area contributed by atoms with Crippen molar-refractivity contribution in [3.63, 3.8) is 0 Å². The Morgan fingerprint density at radius 3 is 2.28 bits per heavy atom. The highest BCUT2D eigenvalue weighted by molar-refractivity contribution is 7.89. The molecule has 0 bridgehead atoms. The Hall–Kier alpha value is -2.19. The van der Waals surface area contributed by atoms with Crippen LogP contribution in [-0.2, 0) is 14.8 Å². The van der Waals surface area contributed by atoms with Crippen molar-refractivity contribution in [1.82, 2.24) is 14.8 Å². The molecule has 2 heterocycles. The molecule has 2 unspecified atom stereocenters. The van der Waals surface area contributed by atoms with Crippen LogP contribution < -0.4 is 5.32 Å². The summed E-state index contributed by atoms with van der Waals surface area (Å²) in [6, 6.07) is 8.25. The third-order valence-electron chi connectivity index (χ3n) is 6.25. The van der Waals surface area contributed by atoms with Gasteiger partial charge in [0.25, 0.3) is 0 Å². The van der Waals surface area contributed by atoms with E-state index in [0.29, 0.717) is 31.0 Å². The maximum atomic E-state index is 13.2. The molecule has 2 atom stereocenters. The molecule has 1 aliphatic heterocycles. The zero-order chi connectivity index (χ0) is 23.6. The number of carbonyl (C=O) groups is 1. The van der Waals surface area contributed by atoms with E-state index in [4.69, 9.17) is 4.52 Å². The number of aromatic nitrogens is 1. The predicted octanol–water partition coefficient (Wildman–Crippen LogP) is 4.33. The second kappa shape index (κ2) is 9.75. The van der Waals surface area contributed by atoms with Crippen molar-refractivity contribution in [2.75, 3.05) is 13.1 Å². The van der Waals surface area contributed by atoms with E-state index in [-0.39, 0.29) is 35.1 Å². The minimum Gasteiger partial charge on any atom is -0.360 e. The van der Waals surface area contributed by atoms with Gasteiger partial charge in [-0.05, 0) is 49.7 Å². The van der Waals surface area contributed by atoms with Gasteiger partial charge in [0.2, 0.25) is 15.9 Å². The molecule has 3 rings (SSSR count). The lowest BCUT2D eigenvalue weighted by Crippen LogP contribution is -2.46. The molecule has 0 aliphatic carbocycles. The molecule has 176 valence electrons. The van der Waals surface area contributed by atoms with Crippen molar-refractivity contribution in [3.05, 3.63) is 46.8 Å². The van der Waals surface area contributed by atoms with Crippen LogP contribution in [0.2, 0.25) is 0 Å². The molecule has 8 heteroatoms. The highest BCUT2D eigenvalue weighted by Crippen LogP contribution is 2.29. The summed E-state index contributed by atoms with van der Waals surface area (Å²) >= 11 is 0. The second-order valence-electron chi connectivity index (χ2n) is 9.41. The Labute approximate surface area is 191 Å². The second-order valence-corrected chi connectivity index (χ2v) is 11.3. The number of piperidine rings is 1. The standard InChI is InChI=1S/C24H35N3O4S/c1-15(2)19-9-11-20(12-10-19)22(16(3)4)25-24(28)21-8-7-13-27(14-21)32(29,30)23-17(5)26-31-18(23)6/h9-12,15-16,21-22H,7-8,13-14H2,1-6H3,(H,25,28). The summed E-state index contributed by atoms with van der Waals surface area (Å²) in [6.45, 7) is 12.2. The van der Waals surface area contributed by atoms with Gasteiger partial charge in [0, 0.05) is 13.1 Å². The molecule has 0 radical (unpaired) electrons. The van der Waals surface area contributed by atoms with Gasteiger partial charge in [0.15, 0.2) is 5.76 Å². The molecule has 7 nitrogen and oxygen atoms in total. The molecule has 2 aromatic rings. The van der Waals surface area contributed by atoms with Crippen molar-refractivity contribution < 1.29 is 17.7 Å². The number of nitrogens with one attached hydrogen (secondary N) is 1. The molecule has 0 spiro atoms. The number of hydrogen-bond donors (Lipinski definition) is 1. The normalized spacial score (nSPS) is 18.8. The third-order valence-corrected chi connectivity index (χ3v) is 8.36. The van der Waals surface area contributed by atoms with Gasteiger partial charge in [-0.2, -0.15) is 4.31 Å². The number of benzene rings is 1. The van der Waals surface area contributed by atoms with Crippen LogP contribution in [-0.4, -0.2) is 36.9 Å². The summed E-state index contributed by atoms with van der Waals surface area (Å²) in [4.78, 5) is 13.3. The minimum atomic E-state index is -3.76. The van der Waals surface area contributed by atoms with E-state index >= 15 is 0 Å². The molecular weight excluding hydrogens is 426 g/mol. The quantitative estimate of drug-likeness (QED) is 0.663. The number of carbonyl (C=O) groups excluding carboxylic acids is 1. The Bertz CT molecular complexity index is 1020. The van der Waals surface area contributed by atoms with Crippen LogP contribution in [0.4, 0.5) is 0 Å². The first kappa shape index (κ1) is 24.5. The fourth-order valence-electron chi connectivity index (χ4n) is 4.34. The first-order chi connectivity index (χ1) is 15.0. The molecule has 1 amide bonds. The topological polar surface area (TPSA) is 92.5 Å². The predicted molar refractivity (Wildman–Crippen MR) is 124 cm³/mol. The van der Waals surface area contributed by atoms with Crippen molar-refractivity contribution in [1.29, 1.82) is 0 Å². The van der Waals surface area contributed by atoms with Crippen molar-refractivity contribution in [2.24, 2.45) is 11.8 Å². The average Bonchev–Trinajstić information content (AvgIpc) is 3.10. The minimum absolute atomic E-state index is 0.102. The summed E-state index contributed by atoms with van der Waals surface area (Å²) in [7, 11) is -3.76. The highest BCUT2D eigenvalue weighted by atomic mass is 32.2. The smallest absolute Gasteiger partial charge is 0.248 e. The number of aryl methyl sites for hydroxylation is 2. The SMILES string of the molecule is Cc1noc(C)c1S(=O)(=O)N1CCCC(C(=O)NC(c2ccc(C(C)C)cc2)C(C)C)C1. The lowest BCUT2D eigenvalue weighted by atomic mass is 9.92. The van der Waals surface area contributed by atoms with Gasteiger partial charge in [-0.1, -0.05) is 57.1 Å². The van der Waals surface area contributed by atoms with Crippen LogP contribution in [0.15, 0.2) is 33.7 Å². The summed E-state index contributed by atoms with van der Waals surface area (Å²) < 4.78 is 32.8. The van der Waals surface area contributed by atoms with Crippen LogP contribution >= 0.6 is 0 Å². The molecule has 0 saturated carbocycles. The molecule has 1 aromatic carbocycles. The Kier molecular flexibility index (Phi) is 7.45. The van der Waals surface area contributed by atoms with Gasteiger partial charge in [-0.15, -0.1) is 0 Å². The van der Waals surface area contributed by atoms with Gasteiger partial charge in [0.05, 0.1) is 12.0 Å². The van der Waals surface area contributed by atoms with Crippen LogP contribution in [0.1, 0.15) is 75.1 Å². The summed E-state index contributed by atoms with van der Waals surface area (Å²) in [6.07, 6.45) is 1.30. The number of nitrogens with zero attached hydrogens (tertiary/aromatic N) is 2. The first-order valence-corrected chi connectivity index (χ1v) is 12.8. The molecule has 1 aliphatic rings. The number of rotatable bonds is 7. The summed E-state index contributed by atoms with van der Waals surface area (Å²) in [5, 5.41) is 6.97. The van der Waals surface area contributed by atoms with Gasteiger partial charge < -0.3 is 9.84 Å². The number of sulfonamides is 1. The zero-order valence-corrected chi connectivity index (χ0v) is 20.7. The van der Waals surface area contributed by atoms with Crippen molar-refractivity contribution >= 4 is 15.9 Å². The van der Waals surface area contributed by atoms with Crippen molar-refractivity contribution in [3.8, 4) is 0 Å². The van der Waals surface area contributed by atoms with E-state index in [2.05, 4.69) is 62.4 Å². The first-order valence-electron chi connectivity index (χ1n) is 11.4. The van der Waals surface area contributed by atoms with E-state index < -0.39 is 15.9 Å². The fourth-order valence-corrected chi connectivity index (χ4v) is 6.16. The van der Waals surface area contributed by atoms with Crippen LogP contribution in [0.5, 0.6) is 0 Å². The third kappa shape index (κ3) is 5.07. The summed E-state index contributed by atoms with van der Waals surface area (Å²) in [5.41, 5.74) is 2.67. The van der Waals surface area contributed by atoms with E-state index in [9.17, 15) is 13.2 Å². The van der Waals surface area contributed by atoms with E-state index in [1.54, 1.807) is 13.8 Å². The zero-order valence-electron chi connectivity index (χ0n) is 19.9. The molecular formula is C24H35N3O4S. The maximum Gasteiger partial charge on any atom is 0.248 e. The summed E-state index contributed by atoms with van der Waals surface area (Å²) in [5.74, 6) is 0.433. The van der Waals surface area contributed by atoms with Gasteiger partial charge in [-0.25, -0.2) is 8.42 Å². The molecule has 32 heavy (non-hydrogen) atoms. The highest BCUT2D eigenvalue weighted by Gasteiger charge is 2.37. The number of hydrogen-bond acceptors (Lipinski definition) is 5. The van der Waals surface area contributed by atoms with Gasteiger partial charge >= 0.3 is 0 Å². The van der Waals surface area contributed by atoms with Crippen LogP contribution in [0.25, 0.3) is 0 Å². The maximum absolute atomic E-state index is 13.2. The number of amides is 1. The molecule has 1 N–H and O–H groups in total. The molecule has 1 fully saturated rings. The average molecular weight is 462 g/mol. The monoisotopic (exact) mass is 461 g/mol. The van der Waals surface area contributed by atoms with Crippen LogP contribution in [0, 0.1) is 25.7 Å². The van der Waals surface area contributed by atoms with Gasteiger partial charge in [-0.3, -0.25) is 4.79 Å². The van der Waals surface area contributed by atoms with Crippen molar-refractivity contribution in [2.45, 2.75) is 71.2 Å². The van der Waals surface area contributed by atoms with E-state index in [1.807, 2.05) is 0 Å². The fraction of sp³-hybridized carbons (Fsp3) is 0.583. The van der Waals surface area contributed by atoms with Gasteiger partial charge in [0.1, 0.15) is 10.6 Å². The largest absolute Gasteiger partial charge is 0.360 e. The Morgan fingerprint density at radius 1 is 1.12 bits per heavy atom.